The van der Waals surface area contributed by atoms with Gasteiger partial charge >= 0.3 is 6.09 Å². The number of hydrogen-bond donors (Lipinski definition) is 1. The highest BCUT2D eigenvalue weighted by molar-refractivity contribution is 5.65. The van der Waals surface area contributed by atoms with Crippen LogP contribution < -0.4 is 0 Å². The summed E-state index contributed by atoms with van der Waals surface area (Å²) < 4.78 is 0. The van der Waals surface area contributed by atoms with E-state index >= 15 is 0 Å². The van der Waals surface area contributed by atoms with Gasteiger partial charge in [0, 0.05) is 26.2 Å². The fourth-order valence-electron chi connectivity index (χ4n) is 4.50. The number of nitrogens with zero attached hydrogens (tertiary/aromatic N) is 2. The van der Waals surface area contributed by atoms with Crippen molar-refractivity contribution in [2.75, 3.05) is 32.7 Å². The second-order valence-corrected chi connectivity index (χ2v) is 10.4. The topological polar surface area (TPSA) is 43.8 Å². The molecule has 3 unspecified atom stereocenters. The fraction of sp³-hybridized carbons (Fsp3) is 0.960. The van der Waals surface area contributed by atoms with E-state index in [4.69, 9.17) is 5.11 Å². The van der Waals surface area contributed by atoms with Crippen molar-refractivity contribution in [2.24, 2.45) is 23.7 Å². The maximum Gasteiger partial charge on any atom is 0.407 e. The molecule has 4 heteroatoms. The lowest BCUT2D eigenvalue weighted by molar-refractivity contribution is 0.103. The van der Waals surface area contributed by atoms with E-state index in [1.54, 1.807) is 0 Å². The highest BCUT2D eigenvalue weighted by Gasteiger charge is 2.20. The molecule has 0 aromatic rings. The molecule has 0 spiro atoms. The van der Waals surface area contributed by atoms with Crippen LogP contribution in [0.2, 0.25) is 0 Å². The Bertz CT molecular complexity index is 419. The zero-order valence-corrected chi connectivity index (χ0v) is 20.2. The number of carbonyl (C=O) groups is 1. The van der Waals surface area contributed by atoms with Gasteiger partial charge in [-0.1, -0.05) is 92.4 Å². The molecular formula is C25H50N2O2. The summed E-state index contributed by atoms with van der Waals surface area (Å²) in [5, 5.41) is 9.03. The maximum absolute atomic E-state index is 11.0. The quantitative estimate of drug-likeness (QED) is 0.325. The van der Waals surface area contributed by atoms with Crippen molar-refractivity contribution in [2.45, 2.75) is 98.8 Å². The summed E-state index contributed by atoms with van der Waals surface area (Å²) in [5.41, 5.74) is 0. The second kappa shape index (κ2) is 15.1. The first-order valence-electron chi connectivity index (χ1n) is 12.5. The minimum absolute atomic E-state index is 0.664. The lowest BCUT2D eigenvalue weighted by Crippen LogP contribution is -2.48. The summed E-state index contributed by atoms with van der Waals surface area (Å²) in [7, 11) is 0. The normalized spacial score (nSPS) is 18.8. The molecule has 1 amide bonds. The van der Waals surface area contributed by atoms with Crippen molar-refractivity contribution < 1.29 is 9.90 Å². The van der Waals surface area contributed by atoms with Gasteiger partial charge in [-0.2, -0.15) is 0 Å². The number of carboxylic acid groups (broad SMARTS) is 1. The number of amides is 1. The summed E-state index contributed by atoms with van der Waals surface area (Å²) >= 11 is 0. The van der Waals surface area contributed by atoms with Crippen LogP contribution in [-0.4, -0.2) is 53.7 Å². The van der Waals surface area contributed by atoms with Gasteiger partial charge in [0.15, 0.2) is 0 Å². The summed E-state index contributed by atoms with van der Waals surface area (Å²) in [6.07, 6.45) is 13.0. The molecule has 1 aliphatic heterocycles. The van der Waals surface area contributed by atoms with Crippen LogP contribution in [0.3, 0.4) is 0 Å². The lowest BCUT2D eigenvalue weighted by atomic mass is 9.90. The third kappa shape index (κ3) is 13.2. The first kappa shape index (κ1) is 26.3. The standard InChI is InChI=1S/C25H50N2O2/c1-21(2)9-6-10-22(3)11-7-12-23(4)13-8-14-24(5)15-16-26-17-19-27(20-18-26)25(28)29/h21-24H,6-20H2,1-5H3,(H,28,29). The van der Waals surface area contributed by atoms with Crippen LogP contribution in [0.4, 0.5) is 4.79 Å². The van der Waals surface area contributed by atoms with Gasteiger partial charge in [-0.05, 0) is 36.6 Å². The summed E-state index contributed by atoms with van der Waals surface area (Å²) in [5.74, 6) is 3.40. The van der Waals surface area contributed by atoms with Crippen molar-refractivity contribution in [1.29, 1.82) is 0 Å². The molecule has 0 aliphatic carbocycles. The number of piperazine rings is 1. The highest BCUT2D eigenvalue weighted by Crippen LogP contribution is 2.22. The molecule has 29 heavy (non-hydrogen) atoms. The average molecular weight is 411 g/mol. The Kier molecular flexibility index (Phi) is 13.7. The largest absolute Gasteiger partial charge is 0.465 e. The second-order valence-electron chi connectivity index (χ2n) is 10.4. The molecule has 0 saturated carbocycles. The van der Waals surface area contributed by atoms with Gasteiger partial charge in [-0.25, -0.2) is 4.79 Å². The molecule has 0 bridgehead atoms. The van der Waals surface area contributed by atoms with Crippen LogP contribution in [0.1, 0.15) is 98.8 Å². The minimum Gasteiger partial charge on any atom is -0.465 e. The Morgan fingerprint density at radius 2 is 1.10 bits per heavy atom. The van der Waals surface area contributed by atoms with E-state index < -0.39 is 6.09 Å². The van der Waals surface area contributed by atoms with Crippen molar-refractivity contribution in [3.63, 3.8) is 0 Å². The zero-order valence-electron chi connectivity index (χ0n) is 20.2. The molecule has 4 nitrogen and oxygen atoms in total. The molecule has 3 atom stereocenters. The van der Waals surface area contributed by atoms with Crippen LogP contribution >= 0.6 is 0 Å². The van der Waals surface area contributed by atoms with Crippen molar-refractivity contribution in [3.05, 3.63) is 0 Å². The molecule has 1 aliphatic rings. The van der Waals surface area contributed by atoms with Crippen LogP contribution in [0.5, 0.6) is 0 Å². The first-order valence-corrected chi connectivity index (χ1v) is 12.5. The van der Waals surface area contributed by atoms with E-state index in [9.17, 15) is 4.79 Å². The van der Waals surface area contributed by atoms with Crippen LogP contribution in [0.15, 0.2) is 0 Å². The number of hydrogen-bond acceptors (Lipinski definition) is 2. The van der Waals surface area contributed by atoms with Gasteiger partial charge in [0.25, 0.3) is 0 Å². The Labute approximate surface area is 181 Å². The molecule has 0 aromatic carbocycles. The predicted octanol–water partition coefficient (Wildman–Crippen LogP) is 6.75. The molecule has 1 fully saturated rings. The van der Waals surface area contributed by atoms with E-state index in [0.717, 1.165) is 43.3 Å². The van der Waals surface area contributed by atoms with Crippen LogP contribution in [-0.2, 0) is 0 Å². The first-order chi connectivity index (χ1) is 13.8. The predicted molar refractivity (Wildman–Crippen MR) is 125 cm³/mol. The van der Waals surface area contributed by atoms with Gasteiger partial charge in [-0.3, -0.25) is 4.90 Å². The zero-order chi connectivity index (χ0) is 21.6. The van der Waals surface area contributed by atoms with Gasteiger partial charge in [0.2, 0.25) is 0 Å². The van der Waals surface area contributed by atoms with Gasteiger partial charge < -0.3 is 10.0 Å². The molecule has 1 rings (SSSR count). The third-order valence-corrected chi connectivity index (χ3v) is 6.85. The third-order valence-electron chi connectivity index (χ3n) is 6.85. The van der Waals surface area contributed by atoms with E-state index in [1.165, 1.54) is 69.1 Å². The Hall–Kier alpha value is -0.770. The summed E-state index contributed by atoms with van der Waals surface area (Å²) in [6, 6.07) is 0. The van der Waals surface area contributed by atoms with E-state index in [0.29, 0.717) is 13.1 Å². The van der Waals surface area contributed by atoms with Crippen LogP contribution in [0, 0.1) is 23.7 Å². The molecule has 172 valence electrons. The SMILES string of the molecule is CC(C)CCCC(C)CCCC(C)CCCC(C)CCN1CCN(C(=O)O)CC1. The van der Waals surface area contributed by atoms with Crippen molar-refractivity contribution in [3.8, 4) is 0 Å². The maximum atomic E-state index is 11.0. The van der Waals surface area contributed by atoms with E-state index in [1.807, 2.05) is 0 Å². The smallest absolute Gasteiger partial charge is 0.407 e. The number of rotatable bonds is 15. The Morgan fingerprint density at radius 3 is 1.52 bits per heavy atom. The van der Waals surface area contributed by atoms with Crippen molar-refractivity contribution >= 4 is 6.09 Å². The van der Waals surface area contributed by atoms with Gasteiger partial charge in [0.1, 0.15) is 0 Å². The van der Waals surface area contributed by atoms with Gasteiger partial charge in [-0.15, -0.1) is 0 Å². The van der Waals surface area contributed by atoms with E-state index in [-0.39, 0.29) is 0 Å². The molecular weight excluding hydrogens is 360 g/mol. The molecule has 1 N–H and O–H groups in total. The molecule has 1 heterocycles. The highest BCUT2D eigenvalue weighted by atomic mass is 16.4. The molecule has 0 aromatic heterocycles. The minimum atomic E-state index is -0.771. The average Bonchev–Trinajstić information content (AvgIpc) is 2.66. The van der Waals surface area contributed by atoms with Gasteiger partial charge in [0.05, 0.1) is 0 Å². The summed E-state index contributed by atoms with van der Waals surface area (Å²) in [6.45, 7) is 16.2. The molecule has 0 radical (unpaired) electrons. The monoisotopic (exact) mass is 410 g/mol. The van der Waals surface area contributed by atoms with Crippen molar-refractivity contribution in [1.82, 2.24) is 9.80 Å². The summed E-state index contributed by atoms with van der Waals surface area (Å²) in [4.78, 5) is 14.9. The van der Waals surface area contributed by atoms with E-state index in [2.05, 4.69) is 39.5 Å². The molecule has 1 saturated heterocycles. The fourth-order valence-corrected chi connectivity index (χ4v) is 4.50. The lowest BCUT2D eigenvalue weighted by Gasteiger charge is -2.33. The van der Waals surface area contributed by atoms with Crippen LogP contribution in [0.25, 0.3) is 0 Å². The Morgan fingerprint density at radius 1 is 0.690 bits per heavy atom. The Balaban J connectivity index is 1.99.